The van der Waals surface area contributed by atoms with Gasteiger partial charge < -0.3 is 10.2 Å². The summed E-state index contributed by atoms with van der Waals surface area (Å²) in [6, 6.07) is 0. The number of tetrazole rings is 1. The first-order chi connectivity index (χ1) is 11.1. The number of aromatic nitrogens is 5. The van der Waals surface area contributed by atoms with Crippen LogP contribution < -0.4 is 10.2 Å². The topological polar surface area (TPSA) is 88.8 Å². The summed E-state index contributed by atoms with van der Waals surface area (Å²) in [7, 11) is 1.85. The Morgan fingerprint density at radius 1 is 1.48 bits per heavy atom. The summed E-state index contributed by atoms with van der Waals surface area (Å²) in [5, 5.41) is 15.5. The second-order valence-electron chi connectivity index (χ2n) is 5.34. The van der Waals surface area contributed by atoms with Crippen molar-refractivity contribution in [1.29, 1.82) is 0 Å². The van der Waals surface area contributed by atoms with Crippen molar-refractivity contribution >= 4 is 23.2 Å². The van der Waals surface area contributed by atoms with Gasteiger partial charge in [0.25, 0.3) is 5.91 Å². The number of nitrogens with one attached hydrogen (secondary N) is 1. The van der Waals surface area contributed by atoms with Crippen molar-refractivity contribution in [1.82, 2.24) is 30.5 Å². The molecule has 8 nitrogen and oxygen atoms in total. The van der Waals surface area contributed by atoms with E-state index in [9.17, 15) is 4.79 Å². The van der Waals surface area contributed by atoms with Gasteiger partial charge in [-0.3, -0.25) is 4.79 Å². The Hall–Kier alpha value is -2.29. The van der Waals surface area contributed by atoms with Gasteiger partial charge in [0.2, 0.25) is 5.95 Å². The zero-order valence-corrected chi connectivity index (χ0v) is 14.2. The van der Waals surface area contributed by atoms with E-state index in [1.807, 2.05) is 25.1 Å². The average molecular weight is 333 g/mol. The van der Waals surface area contributed by atoms with Crippen LogP contribution in [0.5, 0.6) is 0 Å². The van der Waals surface area contributed by atoms with Gasteiger partial charge >= 0.3 is 0 Å². The molecule has 0 atom stereocenters. The number of hydrogen-bond acceptors (Lipinski definition) is 7. The third-order valence-electron chi connectivity index (χ3n) is 3.91. The fourth-order valence-electron chi connectivity index (χ4n) is 2.41. The zero-order valence-electron chi connectivity index (χ0n) is 13.4. The Morgan fingerprint density at radius 3 is 3.04 bits per heavy atom. The Balaban J connectivity index is 1.60. The molecule has 0 aromatic carbocycles. The van der Waals surface area contributed by atoms with Crippen LogP contribution in [0.1, 0.15) is 23.7 Å². The molecular weight excluding hydrogens is 314 g/mol. The number of thiazole rings is 1. The lowest BCUT2D eigenvalue weighted by Crippen LogP contribution is -2.35. The van der Waals surface area contributed by atoms with Crippen molar-refractivity contribution in [3.8, 4) is 0 Å². The van der Waals surface area contributed by atoms with Gasteiger partial charge in [-0.1, -0.05) is 12.0 Å². The van der Waals surface area contributed by atoms with E-state index in [2.05, 4.69) is 32.7 Å². The summed E-state index contributed by atoms with van der Waals surface area (Å²) < 4.78 is 1.62. The molecule has 23 heavy (non-hydrogen) atoms. The second-order valence-corrected chi connectivity index (χ2v) is 6.54. The molecule has 2 aromatic heterocycles. The van der Waals surface area contributed by atoms with Crippen LogP contribution in [0.15, 0.2) is 17.5 Å². The molecule has 0 fully saturated rings. The maximum Gasteiger partial charge on any atom is 0.250 e. The number of amides is 1. The lowest BCUT2D eigenvalue weighted by Gasteiger charge is -2.26. The summed E-state index contributed by atoms with van der Waals surface area (Å²) in [5.74, 6) is 0.566. The molecule has 122 valence electrons. The van der Waals surface area contributed by atoms with E-state index >= 15 is 0 Å². The predicted octanol–water partition coefficient (Wildman–Crippen LogP) is 0.775. The Labute approximate surface area is 138 Å². The molecule has 0 saturated carbocycles. The van der Waals surface area contributed by atoms with Crippen LogP contribution in [0.3, 0.4) is 0 Å². The first-order valence-corrected chi connectivity index (χ1v) is 8.33. The molecule has 3 rings (SSSR count). The zero-order chi connectivity index (χ0) is 16.4. The number of carbonyl (C=O) groups is 1. The monoisotopic (exact) mass is 333 g/mol. The number of hydrogen-bond donors (Lipinski definition) is 1. The SMILES string of the molecule is CCc1cnc(CCNC(=O)C2=C(C)N(C)c3nnnn3C2)s1. The minimum Gasteiger partial charge on any atom is -0.352 e. The second kappa shape index (κ2) is 6.45. The first kappa shape index (κ1) is 15.6. The number of allylic oxidation sites excluding steroid dienone is 1. The summed E-state index contributed by atoms with van der Waals surface area (Å²) in [6.45, 7) is 4.97. The van der Waals surface area contributed by atoms with Crippen molar-refractivity contribution < 1.29 is 4.79 Å². The van der Waals surface area contributed by atoms with Gasteiger partial charge in [0.1, 0.15) is 0 Å². The van der Waals surface area contributed by atoms with Crippen LogP contribution in [0.25, 0.3) is 0 Å². The lowest BCUT2D eigenvalue weighted by molar-refractivity contribution is -0.117. The van der Waals surface area contributed by atoms with Crippen molar-refractivity contribution in [3.63, 3.8) is 0 Å². The van der Waals surface area contributed by atoms with Crippen LogP contribution in [0.4, 0.5) is 5.95 Å². The number of fused-ring (bicyclic) bond motifs is 1. The molecule has 1 N–H and O–H groups in total. The van der Waals surface area contributed by atoms with Crippen molar-refractivity contribution in [2.75, 3.05) is 18.5 Å². The molecule has 0 bridgehead atoms. The standard InChI is InChI=1S/C14H19N7OS/c1-4-10-7-16-12(23-10)5-6-15-13(22)11-8-21-14(17-18-19-21)20(3)9(11)2/h7H,4-6,8H2,1-3H3,(H,15,22). The van der Waals surface area contributed by atoms with E-state index in [1.165, 1.54) is 4.88 Å². The highest BCUT2D eigenvalue weighted by Crippen LogP contribution is 2.23. The summed E-state index contributed by atoms with van der Waals surface area (Å²) in [5.41, 5.74) is 1.55. The molecule has 2 aromatic rings. The molecule has 1 amide bonds. The predicted molar refractivity (Wildman–Crippen MR) is 87.1 cm³/mol. The highest BCUT2D eigenvalue weighted by atomic mass is 32.1. The molecule has 1 aliphatic rings. The molecule has 0 spiro atoms. The van der Waals surface area contributed by atoms with Crippen molar-refractivity contribution in [3.05, 3.63) is 27.4 Å². The maximum atomic E-state index is 12.4. The Bertz CT molecular complexity index is 748. The smallest absolute Gasteiger partial charge is 0.250 e. The van der Waals surface area contributed by atoms with Crippen molar-refractivity contribution in [2.45, 2.75) is 33.2 Å². The van der Waals surface area contributed by atoms with Crippen LogP contribution in [-0.2, 0) is 24.2 Å². The van der Waals surface area contributed by atoms with Gasteiger partial charge in [-0.2, -0.15) is 0 Å². The number of rotatable bonds is 5. The first-order valence-electron chi connectivity index (χ1n) is 7.51. The van der Waals surface area contributed by atoms with Gasteiger partial charge in [0.15, 0.2) is 0 Å². The normalized spacial score (nSPS) is 14.1. The lowest BCUT2D eigenvalue weighted by atomic mass is 10.1. The van der Waals surface area contributed by atoms with Crippen LogP contribution >= 0.6 is 11.3 Å². The molecular formula is C14H19N7OS. The molecule has 0 aliphatic carbocycles. The van der Waals surface area contributed by atoms with Crippen LogP contribution in [-0.4, -0.2) is 44.7 Å². The highest BCUT2D eigenvalue weighted by molar-refractivity contribution is 7.11. The maximum absolute atomic E-state index is 12.4. The Morgan fingerprint density at radius 2 is 2.30 bits per heavy atom. The minimum absolute atomic E-state index is 0.0808. The molecule has 0 unspecified atom stereocenters. The fraction of sp³-hybridized carbons (Fsp3) is 0.500. The Kier molecular flexibility index (Phi) is 4.37. The quantitative estimate of drug-likeness (QED) is 0.869. The van der Waals surface area contributed by atoms with E-state index in [1.54, 1.807) is 16.0 Å². The van der Waals surface area contributed by atoms with Crippen LogP contribution in [0.2, 0.25) is 0 Å². The highest BCUT2D eigenvalue weighted by Gasteiger charge is 2.26. The van der Waals surface area contributed by atoms with E-state index < -0.39 is 0 Å². The van der Waals surface area contributed by atoms with Gasteiger partial charge in [0, 0.05) is 36.8 Å². The van der Waals surface area contributed by atoms with Gasteiger partial charge in [-0.25, -0.2) is 9.67 Å². The fourth-order valence-corrected chi connectivity index (χ4v) is 3.27. The van der Waals surface area contributed by atoms with E-state index in [4.69, 9.17) is 0 Å². The number of aryl methyl sites for hydroxylation is 1. The summed E-state index contributed by atoms with van der Waals surface area (Å²) in [6.07, 6.45) is 3.65. The number of carbonyl (C=O) groups excluding carboxylic acids is 1. The number of anilines is 1. The largest absolute Gasteiger partial charge is 0.352 e. The van der Waals surface area contributed by atoms with E-state index in [-0.39, 0.29) is 5.91 Å². The summed E-state index contributed by atoms with van der Waals surface area (Å²) in [4.78, 5) is 19.9. The third-order valence-corrected chi connectivity index (χ3v) is 5.11. The van der Waals surface area contributed by atoms with Gasteiger partial charge in [0.05, 0.1) is 17.1 Å². The van der Waals surface area contributed by atoms with Crippen molar-refractivity contribution in [2.24, 2.45) is 0 Å². The van der Waals surface area contributed by atoms with Crippen LogP contribution in [0, 0.1) is 0 Å². The van der Waals surface area contributed by atoms with E-state index in [0.717, 1.165) is 23.5 Å². The molecule has 1 aliphatic heterocycles. The third kappa shape index (κ3) is 3.09. The minimum atomic E-state index is -0.0808. The molecule has 9 heteroatoms. The van der Waals surface area contributed by atoms with E-state index in [0.29, 0.717) is 24.6 Å². The summed E-state index contributed by atoms with van der Waals surface area (Å²) >= 11 is 1.70. The molecule has 0 saturated heterocycles. The molecule has 3 heterocycles. The number of nitrogens with zero attached hydrogens (tertiary/aromatic N) is 6. The average Bonchev–Trinajstić information content (AvgIpc) is 3.19. The van der Waals surface area contributed by atoms with Gasteiger partial charge in [-0.15, -0.1) is 11.3 Å². The molecule has 0 radical (unpaired) electrons. The van der Waals surface area contributed by atoms with Gasteiger partial charge in [-0.05, 0) is 23.8 Å².